The molecule has 1 fully saturated rings. The first-order valence-electron chi connectivity index (χ1n) is 6.46. The molecule has 2 unspecified atom stereocenters. The first kappa shape index (κ1) is 12.4. The predicted octanol–water partition coefficient (Wildman–Crippen LogP) is 3.01. The van der Waals surface area contributed by atoms with Crippen molar-refractivity contribution < 1.29 is 4.74 Å². The highest BCUT2D eigenvalue weighted by Crippen LogP contribution is 2.22. The van der Waals surface area contributed by atoms with Gasteiger partial charge in [0.2, 0.25) is 0 Å². The monoisotopic (exact) mass is 234 g/mol. The van der Waals surface area contributed by atoms with Crippen molar-refractivity contribution in [3.05, 3.63) is 24.0 Å². The lowest BCUT2D eigenvalue weighted by molar-refractivity contribution is -0.0160. The highest BCUT2D eigenvalue weighted by atomic mass is 16.5. The molecule has 1 aromatic rings. The fraction of sp³-hybridized carbons (Fsp3) is 0.643. The van der Waals surface area contributed by atoms with E-state index < -0.39 is 0 Å². The molecule has 94 valence electrons. The Morgan fingerprint density at radius 3 is 2.88 bits per heavy atom. The number of hydrogen-bond acceptors (Lipinski definition) is 3. The first-order chi connectivity index (χ1) is 8.15. The van der Waals surface area contributed by atoms with Gasteiger partial charge in [0, 0.05) is 18.3 Å². The summed E-state index contributed by atoms with van der Waals surface area (Å²) in [6.07, 6.45) is 4.47. The van der Waals surface area contributed by atoms with E-state index in [0.717, 1.165) is 30.8 Å². The molecule has 0 spiro atoms. The van der Waals surface area contributed by atoms with Crippen LogP contribution in [0.2, 0.25) is 0 Å². The van der Waals surface area contributed by atoms with E-state index in [-0.39, 0.29) is 0 Å². The molecule has 1 N–H and O–H groups in total. The van der Waals surface area contributed by atoms with Crippen LogP contribution in [0.3, 0.4) is 0 Å². The lowest BCUT2D eigenvalue weighted by Crippen LogP contribution is -2.36. The molecule has 1 aromatic heterocycles. The van der Waals surface area contributed by atoms with Crippen molar-refractivity contribution in [1.29, 1.82) is 0 Å². The largest absolute Gasteiger partial charge is 0.381 e. The van der Waals surface area contributed by atoms with Gasteiger partial charge < -0.3 is 10.1 Å². The van der Waals surface area contributed by atoms with Gasteiger partial charge in [-0.2, -0.15) is 0 Å². The third kappa shape index (κ3) is 3.43. The molecule has 1 saturated heterocycles. The van der Waals surface area contributed by atoms with E-state index in [2.05, 4.69) is 30.2 Å². The molecule has 1 aliphatic rings. The van der Waals surface area contributed by atoms with Gasteiger partial charge in [0.05, 0.1) is 18.0 Å². The number of ether oxygens (including phenoxy) is 1. The molecule has 3 heteroatoms. The summed E-state index contributed by atoms with van der Waals surface area (Å²) in [6.45, 7) is 7.31. The highest BCUT2D eigenvalue weighted by Gasteiger charge is 2.24. The zero-order valence-electron chi connectivity index (χ0n) is 10.9. The van der Waals surface area contributed by atoms with Crippen LogP contribution in [0, 0.1) is 12.8 Å². The van der Waals surface area contributed by atoms with Gasteiger partial charge in [0.25, 0.3) is 0 Å². The summed E-state index contributed by atoms with van der Waals surface area (Å²) in [5.74, 6) is 0.593. The molecule has 0 aliphatic carbocycles. The van der Waals surface area contributed by atoms with Crippen molar-refractivity contribution in [2.45, 2.75) is 45.8 Å². The number of pyridine rings is 1. The van der Waals surface area contributed by atoms with E-state index in [4.69, 9.17) is 4.74 Å². The second-order valence-electron chi connectivity index (χ2n) is 5.21. The number of anilines is 1. The smallest absolute Gasteiger partial charge is 0.0617 e. The fourth-order valence-electron chi connectivity index (χ4n) is 2.21. The van der Waals surface area contributed by atoms with Gasteiger partial charge in [-0.15, -0.1) is 0 Å². The molecule has 0 bridgehead atoms. The number of aromatic nitrogens is 1. The zero-order chi connectivity index (χ0) is 12.3. The normalized spacial score (nSPS) is 24.9. The Labute approximate surface area is 104 Å². The second-order valence-corrected chi connectivity index (χ2v) is 5.21. The quantitative estimate of drug-likeness (QED) is 0.873. The number of rotatable bonds is 3. The van der Waals surface area contributed by atoms with Gasteiger partial charge in [-0.1, -0.05) is 13.8 Å². The Bertz CT molecular complexity index is 348. The molecular weight excluding hydrogens is 212 g/mol. The lowest BCUT2D eigenvalue weighted by atomic mass is 9.95. The Balaban J connectivity index is 1.92. The number of nitrogens with zero attached hydrogens (tertiary/aromatic N) is 1. The molecule has 0 amide bonds. The molecule has 0 saturated carbocycles. The number of hydrogen-bond donors (Lipinski definition) is 1. The summed E-state index contributed by atoms with van der Waals surface area (Å²) in [5.41, 5.74) is 2.17. The van der Waals surface area contributed by atoms with E-state index >= 15 is 0 Å². The summed E-state index contributed by atoms with van der Waals surface area (Å²) in [6, 6.07) is 4.66. The molecule has 2 atom stereocenters. The zero-order valence-corrected chi connectivity index (χ0v) is 10.9. The topological polar surface area (TPSA) is 34.1 Å². The van der Waals surface area contributed by atoms with Crippen molar-refractivity contribution in [2.24, 2.45) is 5.92 Å². The second kappa shape index (κ2) is 5.50. The summed E-state index contributed by atoms with van der Waals surface area (Å²) < 4.78 is 5.77. The lowest BCUT2D eigenvalue weighted by Gasteiger charge is -2.32. The van der Waals surface area contributed by atoms with Crippen LogP contribution in [0.15, 0.2) is 18.3 Å². The van der Waals surface area contributed by atoms with Gasteiger partial charge in [-0.3, -0.25) is 4.98 Å². The molecule has 3 nitrogen and oxygen atoms in total. The Hall–Kier alpha value is -1.09. The van der Waals surface area contributed by atoms with Gasteiger partial charge >= 0.3 is 0 Å². The van der Waals surface area contributed by atoms with E-state index in [9.17, 15) is 0 Å². The number of nitrogens with one attached hydrogen (secondary N) is 1. The molecule has 0 radical (unpaired) electrons. The average Bonchev–Trinajstić information content (AvgIpc) is 2.32. The Kier molecular flexibility index (Phi) is 4.00. The van der Waals surface area contributed by atoms with E-state index in [1.165, 1.54) is 0 Å². The van der Waals surface area contributed by atoms with E-state index in [0.29, 0.717) is 18.1 Å². The third-order valence-corrected chi connectivity index (χ3v) is 3.34. The fourth-order valence-corrected chi connectivity index (χ4v) is 2.21. The highest BCUT2D eigenvalue weighted by molar-refractivity contribution is 5.41. The van der Waals surface area contributed by atoms with Gasteiger partial charge in [0.1, 0.15) is 0 Å². The van der Waals surface area contributed by atoms with Crippen LogP contribution in [0.25, 0.3) is 0 Å². The van der Waals surface area contributed by atoms with Crippen LogP contribution in [-0.2, 0) is 4.74 Å². The molecule has 1 aliphatic heterocycles. The van der Waals surface area contributed by atoms with Crippen LogP contribution in [-0.4, -0.2) is 23.7 Å². The van der Waals surface area contributed by atoms with Crippen molar-refractivity contribution in [2.75, 3.05) is 11.9 Å². The van der Waals surface area contributed by atoms with Crippen molar-refractivity contribution in [3.8, 4) is 0 Å². The van der Waals surface area contributed by atoms with Crippen LogP contribution in [0.4, 0.5) is 5.69 Å². The maximum absolute atomic E-state index is 5.77. The van der Waals surface area contributed by atoms with Crippen molar-refractivity contribution in [3.63, 3.8) is 0 Å². The van der Waals surface area contributed by atoms with E-state index in [1.54, 1.807) is 0 Å². The SMILES string of the molecule is Cc1ccc(NC2CCOC(C(C)C)C2)cn1. The van der Waals surface area contributed by atoms with Crippen LogP contribution in [0.5, 0.6) is 0 Å². The maximum atomic E-state index is 5.77. The van der Waals surface area contributed by atoms with Crippen LogP contribution >= 0.6 is 0 Å². The molecular formula is C14H22N2O. The van der Waals surface area contributed by atoms with E-state index in [1.807, 2.05) is 19.2 Å². The molecule has 17 heavy (non-hydrogen) atoms. The van der Waals surface area contributed by atoms with Gasteiger partial charge in [-0.25, -0.2) is 0 Å². The molecule has 0 aromatic carbocycles. The summed E-state index contributed by atoms with van der Waals surface area (Å²) in [4.78, 5) is 4.31. The average molecular weight is 234 g/mol. The van der Waals surface area contributed by atoms with Crippen molar-refractivity contribution in [1.82, 2.24) is 4.98 Å². The first-order valence-corrected chi connectivity index (χ1v) is 6.46. The van der Waals surface area contributed by atoms with Crippen LogP contribution < -0.4 is 5.32 Å². The minimum Gasteiger partial charge on any atom is -0.381 e. The summed E-state index contributed by atoms with van der Waals surface area (Å²) in [7, 11) is 0. The van der Waals surface area contributed by atoms with Gasteiger partial charge in [-0.05, 0) is 37.8 Å². The minimum absolute atomic E-state index is 0.389. The third-order valence-electron chi connectivity index (χ3n) is 3.34. The Morgan fingerprint density at radius 2 is 2.24 bits per heavy atom. The van der Waals surface area contributed by atoms with Crippen molar-refractivity contribution >= 4 is 5.69 Å². The standard InChI is InChI=1S/C14H22N2O/c1-10(2)14-8-12(6-7-17-14)16-13-5-4-11(3)15-9-13/h4-5,9-10,12,14,16H,6-8H2,1-3H3. The van der Waals surface area contributed by atoms with Gasteiger partial charge in [0.15, 0.2) is 0 Å². The molecule has 2 heterocycles. The summed E-state index contributed by atoms with van der Waals surface area (Å²) in [5, 5.41) is 3.55. The minimum atomic E-state index is 0.389. The summed E-state index contributed by atoms with van der Waals surface area (Å²) >= 11 is 0. The van der Waals surface area contributed by atoms with Crippen LogP contribution in [0.1, 0.15) is 32.4 Å². The number of aryl methyl sites for hydroxylation is 1. The maximum Gasteiger partial charge on any atom is 0.0617 e. The Morgan fingerprint density at radius 1 is 1.41 bits per heavy atom. The predicted molar refractivity (Wildman–Crippen MR) is 70.2 cm³/mol. The molecule has 2 rings (SSSR count).